The van der Waals surface area contributed by atoms with Gasteiger partial charge in [-0.15, -0.1) is 0 Å². The molecule has 0 saturated heterocycles. The van der Waals surface area contributed by atoms with Gasteiger partial charge in [0.25, 0.3) is 15.9 Å². The van der Waals surface area contributed by atoms with Gasteiger partial charge in [0, 0.05) is 11.3 Å². The van der Waals surface area contributed by atoms with Gasteiger partial charge in [-0.1, -0.05) is 0 Å². The van der Waals surface area contributed by atoms with Crippen LogP contribution >= 0.6 is 0 Å². The lowest BCUT2D eigenvalue weighted by atomic mass is 10.2. The largest absolute Gasteiger partial charge is 0.480 e. The van der Waals surface area contributed by atoms with E-state index in [-0.39, 0.29) is 10.5 Å². The summed E-state index contributed by atoms with van der Waals surface area (Å²) in [5, 5.41) is 10.9. The van der Waals surface area contributed by atoms with Crippen LogP contribution in [0.1, 0.15) is 22.8 Å². The van der Waals surface area contributed by atoms with Crippen molar-refractivity contribution in [1.29, 1.82) is 0 Å². The molecule has 156 valence electrons. The molecule has 0 saturated carbocycles. The monoisotopic (exact) mass is 434 g/mol. The number of carboxylic acid groups (broad SMARTS) is 1. The lowest BCUT2D eigenvalue weighted by molar-refractivity contribution is -0.140. The van der Waals surface area contributed by atoms with Crippen molar-refractivity contribution in [3.05, 3.63) is 59.4 Å². The Kier molecular flexibility index (Phi) is 6.16. The molecule has 29 heavy (non-hydrogen) atoms. The lowest BCUT2D eigenvalue weighted by Gasteiger charge is -2.13. The molecule has 1 amide bonds. The van der Waals surface area contributed by atoms with Crippen molar-refractivity contribution in [2.24, 2.45) is 0 Å². The molecular weight excluding hydrogens is 420 g/mol. The predicted octanol–water partition coefficient (Wildman–Crippen LogP) is 2.85. The van der Waals surface area contributed by atoms with E-state index in [2.05, 4.69) is 5.32 Å². The lowest BCUT2D eigenvalue weighted by Crippen LogP contribution is -2.38. The zero-order valence-electron chi connectivity index (χ0n) is 14.6. The SMILES string of the molecule is CC(NC(=O)c1ccc(S(=O)(=O)Nc2ccc(F)c(C(F)(F)F)c2)cc1)C(=O)O. The number of carbonyl (C=O) groups excluding carboxylic acids is 1. The van der Waals surface area contributed by atoms with Crippen LogP contribution in [-0.2, 0) is 21.0 Å². The molecule has 3 N–H and O–H groups in total. The van der Waals surface area contributed by atoms with Crippen molar-refractivity contribution >= 4 is 27.6 Å². The second-order valence-electron chi connectivity index (χ2n) is 5.86. The highest BCUT2D eigenvalue weighted by Crippen LogP contribution is 2.33. The van der Waals surface area contributed by atoms with E-state index in [1.165, 1.54) is 6.92 Å². The van der Waals surface area contributed by atoms with E-state index in [1.807, 2.05) is 4.72 Å². The van der Waals surface area contributed by atoms with E-state index in [9.17, 15) is 35.6 Å². The van der Waals surface area contributed by atoms with Gasteiger partial charge in [0.05, 0.1) is 10.5 Å². The highest BCUT2D eigenvalue weighted by atomic mass is 32.2. The molecule has 2 aromatic rings. The molecule has 0 aliphatic heterocycles. The summed E-state index contributed by atoms with van der Waals surface area (Å²) in [4.78, 5) is 22.3. The van der Waals surface area contributed by atoms with Crippen LogP contribution in [0.4, 0.5) is 23.2 Å². The first-order chi connectivity index (χ1) is 13.3. The van der Waals surface area contributed by atoms with E-state index in [1.54, 1.807) is 0 Å². The zero-order chi connectivity index (χ0) is 22.0. The molecule has 12 heteroatoms. The molecule has 7 nitrogen and oxygen atoms in total. The quantitative estimate of drug-likeness (QED) is 0.606. The average molecular weight is 434 g/mol. The van der Waals surface area contributed by atoms with Gasteiger partial charge in [0.2, 0.25) is 0 Å². The Morgan fingerprint density at radius 2 is 1.66 bits per heavy atom. The highest BCUT2D eigenvalue weighted by molar-refractivity contribution is 7.92. The van der Waals surface area contributed by atoms with Crippen LogP contribution in [0.25, 0.3) is 0 Å². The van der Waals surface area contributed by atoms with Crippen LogP contribution in [-0.4, -0.2) is 31.4 Å². The summed E-state index contributed by atoms with van der Waals surface area (Å²) in [5.74, 6) is -3.57. The van der Waals surface area contributed by atoms with Gasteiger partial charge in [0.1, 0.15) is 11.9 Å². The number of halogens is 4. The number of carboxylic acids is 1. The molecule has 0 radical (unpaired) electrons. The summed E-state index contributed by atoms with van der Waals surface area (Å²) in [6.07, 6.45) is -5.01. The normalized spacial score (nSPS) is 12.9. The minimum absolute atomic E-state index is 0.0295. The number of hydrogen-bond acceptors (Lipinski definition) is 4. The fourth-order valence-electron chi connectivity index (χ4n) is 2.15. The topological polar surface area (TPSA) is 113 Å². The van der Waals surface area contributed by atoms with E-state index < -0.39 is 51.2 Å². The molecule has 0 spiro atoms. The van der Waals surface area contributed by atoms with Crippen molar-refractivity contribution in [1.82, 2.24) is 5.32 Å². The number of sulfonamides is 1. The van der Waals surface area contributed by atoms with Gasteiger partial charge in [-0.25, -0.2) is 12.8 Å². The third kappa shape index (κ3) is 5.44. The molecule has 2 rings (SSSR count). The molecule has 2 aromatic carbocycles. The Labute approximate surface area is 162 Å². The Hall–Kier alpha value is -3.15. The number of hydrogen-bond donors (Lipinski definition) is 3. The molecule has 0 aliphatic rings. The van der Waals surface area contributed by atoms with Gasteiger partial charge < -0.3 is 10.4 Å². The number of amides is 1. The van der Waals surface area contributed by atoms with Gasteiger partial charge in [-0.2, -0.15) is 13.2 Å². The van der Waals surface area contributed by atoms with Crippen molar-refractivity contribution in [2.75, 3.05) is 4.72 Å². The minimum Gasteiger partial charge on any atom is -0.480 e. The fourth-order valence-corrected chi connectivity index (χ4v) is 3.20. The van der Waals surface area contributed by atoms with E-state index in [4.69, 9.17) is 5.11 Å². The maximum Gasteiger partial charge on any atom is 0.419 e. The molecule has 0 bridgehead atoms. The molecular formula is C17H14F4N2O5S. The van der Waals surface area contributed by atoms with E-state index >= 15 is 0 Å². The molecule has 0 fully saturated rings. The minimum atomic E-state index is -5.01. The Morgan fingerprint density at radius 3 is 2.17 bits per heavy atom. The van der Waals surface area contributed by atoms with E-state index in [0.29, 0.717) is 12.1 Å². The third-order valence-corrected chi connectivity index (χ3v) is 5.07. The summed E-state index contributed by atoms with van der Waals surface area (Å²) < 4.78 is 78.1. The molecule has 0 heterocycles. The number of nitrogens with one attached hydrogen (secondary N) is 2. The summed E-state index contributed by atoms with van der Waals surface area (Å²) in [7, 11) is -4.33. The summed E-state index contributed by atoms with van der Waals surface area (Å²) >= 11 is 0. The summed E-state index contributed by atoms with van der Waals surface area (Å²) in [6.45, 7) is 1.24. The van der Waals surface area contributed by atoms with E-state index in [0.717, 1.165) is 30.3 Å². The average Bonchev–Trinajstić information content (AvgIpc) is 2.62. The second-order valence-corrected chi connectivity index (χ2v) is 7.54. The maximum absolute atomic E-state index is 13.3. The van der Waals surface area contributed by atoms with Crippen molar-refractivity contribution < 1.29 is 40.7 Å². The number of aliphatic carboxylic acids is 1. The van der Waals surface area contributed by atoms with Gasteiger partial charge >= 0.3 is 12.1 Å². The van der Waals surface area contributed by atoms with Crippen LogP contribution < -0.4 is 10.0 Å². The first-order valence-corrected chi connectivity index (χ1v) is 9.33. The van der Waals surface area contributed by atoms with Gasteiger partial charge in [0.15, 0.2) is 0 Å². The summed E-state index contributed by atoms with van der Waals surface area (Å²) in [6, 6.07) is 4.69. The number of alkyl halides is 3. The van der Waals surface area contributed by atoms with Gasteiger partial charge in [-0.3, -0.25) is 14.3 Å². The molecule has 1 atom stereocenters. The molecule has 0 aliphatic carbocycles. The van der Waals surface area contributed by atoms with Crippen LogP contribution in [0.3, 0.4) is 0 Å². The van der Waals surface area contributed by atoms with Crippen LogP contribution in [0.5, 0.6) is 0 Å². The Bertz CT molecular complexity index is 1040. The smallest absolute Gasteiger partial charge is 0.419 e. The summed E-state index contributed by atoms with van der Waals surface area (Å²) in [5.41, 5.74) is -2.16. The second kappa shape index (κ2) is 8.07. The van der Waals surface area contributed by atoms with Crippen LogP contribution in [0.15, 0.2) is 47.4 Å². The number of benzene rings is 2. The fraction of sp³-hybridized carbons (Fsp3) is 0.176. The molecule has 1 unspecified atom stereocenters. The first-order valence-electron chi connectivity index (χ1n) is 7.84. The maximum atomic E-state index is 13.3. The number of carbonyl (C=O) groups is 2. The Balaban J connectivity index is 2.22. The van der Waals surface area contributed by atoms with Crippen molar-refractivity contribution in [2.45, 2.75) is 24.0 Å². The third-order valence-electron chi connectivity index (χ3n) is 3.67. The highest BCUT2D eigenvalue weighted by Gasteiger charge is 2.34. The predicted molar refractivity (Wildman–Crippen MR) is 93.2 cm³/mol. The standard InChI is InChI=1S/C17H14F4N2O5S/c1-9(16(25)26)22-15(24)10-2-5-12(6-3-10)29(27,28)23-11-4-7-14(18)13(8-11)17(19,20)21/h2-9,23H,1H3,(H,22,24)(H,25,26). The zero-order valence-corrected chi connectivity index (χ0v) is 15.4. The Morgan fingerprint density at radius 1 is 1.07 bits per heavy atom. The van der Waals surface area contributed by atoms with Crippen LogP contribution in [0, 0.1) is 5.82 Å². The van der Waals surface area contributed by atoms with Crippen LogP contribution in [0.2, 0.25) is 0 Å². The van der Waals surface area contributed by atoms with Gasteiger partial charge in [-0.05, 0) is 49.4 Å². The van der Waals surface area contributed by atoms with Crippen molar-refractivity contribution in [3.8, 4) is 0 Å². The van der Waals surface area contributed by atoms with Crippen molar-refractivity contribution in [3.63, 3.8) is 0 Å². The number of rotatable bonds is 6. The molecule has 0 aromatic heterocycles. The number of anilines is 1. The first kappa shape index (κ1) is 22.1.